The normalized spacial score (nSPS) is 16.2. The van der Waals surface area contributed by atoms with Crippen molar-refractivity contribution in [3.8, 4) is 5.75 Å². The number of fused-ring (bicyclic) bond motifs is 1. The Bertz CT molecular complexity index is 808. The Morgan fingerprint density at radius 1 is 1.27 bits per heavy atom. The quantitative estimate of drug-likeness (QED) is 0.826. The van der Waals surface area contributed by atoms with Crippen molar-refractivity contribution >= 4 is 23.5 Å². The number of esters is 1. The van der Waals surface area contributed by atoms with Crippen LogP contribution in [0.2, 0.25) is 0 Å². The molecule has 0 spiro atoms. The zero-order chi connectivity index (χ0) is 18.7. The van der Waals surface area contributed by atoms with Gasteiger partial charge in [-0.3, -0.25) is 14.5 Å². The van der Waals surface area contributed by atoms with E-state index in [4.69, 9.17) is 15.2 Å². The standard InChI is InChI=1S/C19H21N3O4/c1-12(2)17-19(24)22(18-14(26-17)8-9-15(20)21-18)10-16(23)25-11-13-6-4-3-5-7-13/h3-9,12,17H,10-11H2,1-2H3,(H2,20,21). The number of anilines is 2. The molecule has 1 aromatic carbocycles. The van der Waals surface area contributed by atoms with Gasteiger partial charge in [-0.2, -0.15) is 0 Å². The van der Waals surface area contributed by atoms with Gasteiger partial charge in [-0.1, -0.05) is 44.2 Å². The molecule has 7 heteroatoms. The lowest BCUT2D eigenvalue weighted by Gasteiger charge is -2.34. The smallest absolute Gasteiger partial charge is 0.326 e. The Labute approximate surface area is 151 Å². The van der Waals surface area contributed by atoms with Crippen molar-refractivity contribution in [3.05, 3.63) is 48.0 Å². The number of amides is 1. The van der Waals surface area contributed by atoms with Crippen molar-refractivity contribution in [1.29, 1.82) is 0 Å². The topological polar surface area (TPSA) is 94.8 Å². The summed E-state index contributed by atoms with van der Waals surface area (Å²) in [5.41, 5.74) is 6.60. The number of pyridine rings is 1. The van der Waals surface area contributed by atoms with Crippen LogP contribution in [0.15, 0.2) is 42.5 Å². The fourth-order valence-electron chi connectivity index (χ4n) is 2.67. The van der Waals surface area contributed by atoms with E-state index in [-0.39, 0.29) is 36.6 Å². The number of hydrogen-bond acceptors (Lipinski definition) is 6. The minimum atomic E-state index is -0.685. The van der Waals surface area contributed by atoms with Gasteiger partial charge < -0.3 is 15.2 Å². The molecule has 2 heterocycles. The van der Waals surface area contributed by atoms with Gasteiger partial charge in [0, 0.05) is 0 Å². The highest BCUT2D eigenvalue weighted by molar-refractivity contribution is 6.02. The lowest BCUT2D eigenvalue weighted by molar-refractivity contribution is -0.145. The average molecular weight is 355 g/mol. The number of nitrogens with zero attached hydrogens (tertiary/aromatic N) is 2. The first-order chi connectivity index (χ1) is 12.5. The van der Waals surface area contributed by atoms with E-state index in [1.807, 2.05) is 44.2 Å². The third-order valence-corrected chi connectivity index (χ3v) is 4.02. The zero-order valence-electron chi connectivity index (χ0n) is 14.7. The van der Waals surface area contributed by atoms with Crippen LogP contribution in [0.4, 0.5) is 11.6 Å². The molecule has 0 radical (unpaired) electrons. The second-order valence-electron chi connectivity index (χ2n) is 6.41. The minimum absolute atomic E-state index is 0.0592. The Balaban J connectivity index is 1.77. The molecule has 0 saturated carbocycles. The predicted octanol–water partition coefficient (Wildman–Crippen LogP) is 2.16. The molecule has 26 heavy (non-hydrogen) atoms. The zero-order valence-corrected chi connectivity index (χ0v) is 14.7. The molecule has 1 aromatic heterocycles. The number of rotatable bonds is 5. The number of nitrogen functional groups attached to an aromatic ring is 1. The highest BCUT2D eigenvalue weighted by Crippen LogP contribution is 2.34. The molecular weight excluding hydrogens is 334 g/mol. The van der Waals surface area contributed by atoms with Crippen LogP contribution in [0.5, 0.6) is 5.75 Å². The Morgan fingerprint density at radius 2 is 2.00 bits per heavy atom. The summed E-state index contributed by atoms with van der Waals surface area (Å²) < 4.78 is 11.0. The predicted molar refractivity (Wildman–Crippen MR) is 96.5 cm³/mol. The Hall–Kier alpha value is -3.09. The third kappa shape index (κ3) is 3.77. The fourth-order valence-corrected chi connectivity index (χ4v) is 2.67. The molecule has 1 unspecified atom stereocenters. The number of ether oxygens (including phenoxy) is 2. The first-order valence-electron chi connectivity index (χ1n) is 8.40. The summed E-state index contributed by atoms with van der Waals surface area (Å²) in [6.45, 7) is 3.65. The Kier molecular flexibility index (Phi) is 5.06. The van der Waals surface area contributed by atoms with E-state index in [1.54, 1.807) is 12.1 Å². The number of carbonyl (C=O) groups is 2. The van der Waals surface area contributed by atoms with Gasteiger partial charge in [-0.05, 0) is 23.6 Å². The van der Waals surface area contributed by atoms with Gasteiger partial charge in [0.05, 0.1) is 0 Å². The van der Waals surface area contributed by atoms with Gasteiger partial charge in [-0.15, -0.1) is 0 Å². The van der Waals surface area contributed by atoms with Gasteiger partial charge >= 0.3 is 5.97 Å². The van der Waals surface area contributed by atoms with Gasteiger partial charge in [0.15, 0.2) is 17.7 Å². The van der Waals surface area contributed by atoms with Crippen LogP contribution in [0, 0.1) is 5.92 Å². The molecule has 2 aromatic rings. The summed E-state index contributed by atoms with van der Waals surface area (Å²) >= 11 is 0. The van der Waals surface area contributed by atoms with Crippen molar-refractivity contribution in [2.45, 2.75) is 26.6 Å². The molecular formula is C19H21N3O4. The molecule has 136 valence electrons. The summed E-state index contributed by atoms with van der Waals surface area (Å²) in [7, 11) is 0. The van der Waals surface area contributed by atoms with Gasteiger partial charge in [0.2, 0.25) is 0 Å². The van der Waals surface area contributed by atoms with E-state index in [0.717, 1.165) is 5.56 Å². The third-order valence-electron chi connectivity index (χ3n) is 4.02. The van der Waals surface area contributed by atoms with Gasteiger partial charge in [0.1, 0.15) is 19.0 Å². The van der Waals surface area contributed by atoms with Crippen molar-refractivity contribution < 1.29 is 19.1 Å². The number of aromatic nitrogens is 1. The molecule has 1 atom stereocenters. The van der Waals surface area contributed by atoms with Crippen molar-refractivity contribution in [2.75, 3.05) is 17.2 Å². The highest BCUT2D eigenvalue weighted by atomic mass is 16.5. The number of nitrogens with two attached hydrogens (primary N) is 1. The van der Waals surface area contributed by atoms with Crippen LogP contribution < -0.4 is 15.4 Å². The van der Waals surface area contributed by atoms with Gasteiger partial charge in [-0.25, -0.2) is 4.98 Å². The lowest BCUT2D eigenvalue weighted by atomic mass is 10.0. The molecule has 7 nitrogen and oxygen atoms in total. The molecule has 1 amide bonds. The number of carbonyl (C=O) groups excluding carboxylic acids is 2. The van der Waals surface area contributed by atoms with Crippen molar-refractivity contribution in [1.82, 2.24) is 4.98 Å². The maximum Gasteiger partial charge on any atom is 0.326 e. The molecule has 0 aliphatic carbocycles. The van der Waals surface area contributed by atoms with Crippen LogP contribution in [-0.2, 0) is 20.9 Å². The van der Waals surface area contributed by atoms with Crippen LogP contribution in [0.25, 0.3) is 0 Å². The van der Waals surface area contributed by atoms with E-state index in [0.29, 0.717) is 5.75 Å². The molecule has 1 aliphatic heterocycles. The van der Waals surface area contributed by atoms with E-state index < -0.39 is 12.1 Å². The van der Waals surface area contributed by atoms with Crippen LogP contribution >= 0.6 is 0 Å². The summed E-state index contributed by atoms with van der Waals surface area (Å²) in [5.74, 6) is -0.0113. The second kappa shape index (κ2) is 7.43. The molecule has 2 N–H and O–H groups in total. The number of benzene rings is 1. The summed E-state index contributed by atoms with van der Waals surface area (Å²) in [6, 6.07) is 12.6. The maximum absolute atomic E-state index is 12.8. The van der Waals surface area contributed by atoms with Crippen molar-refractivity contribution in [3.63, 3.8) is 0 Å². The van der Waals surface area contributed by atoms with Gasteiger partial charge in [0.25, 0.3) is 5.91 Å². The van der Waals surface area contributed by atoms with E-state index in [1.165, 1.54) is 4.90 Å². The van der Waals surface area contributed by atoms with Crippen molar-refractivity contribution in [2.24, 2.45) is 5.92 Å². The maximum atomic E-state index is 12.8. The molecule has 3 rings (SSSR count). The molecule has 0 saturated heterocycles. The Morgan fingerprint density at radius 3 is 2.69 bits per heavy atom. The minimum Gasteiger partial charge on any atom is -0.476 e. The molecule has 0 bridgehead atoms. The summed E-state index contributed by atoms with van der Waals surface area (Å²) in [5, 5.41) is 0. The van der Waals surface area contributed by atoms with Crippen LogP contribution in [0.1, 0.15) is 19.4 Å². The largest absolute Gasteiger partial charge is 0.476 e. The van der Waals surface area contributed by atoms with E-state index in [9.17, 15) is 9.59 Å². The highest BCUT2D eigenvalue weighted by Gasteiger charge is 2.38. The average Bonchev–Trinajstić information content (AvgIpc) is 2.63. The first kappa shape index (κ1) is 17.7. The van der Waals surface area contributed by atoms with E-state index in [2.05, 4.69) is 4.98 Å². The second-order valence-corrected chi connectivity index (χ2v) is 6.41. The SMILES string of the molecule is CC(C)C1Oc2ccc(N)nc2N(CC(=O)OCc2ccccc2)C1=O. The summed E-state index contributed by atoms with van der Waals surface area (Å²) in [4.78, 5) is 30.5. The first-order valence-corrected chi connectivity index (χ1v) is 8.40. The fraction of sp³-hybridized carbons (Fsp3) is 0.316. The monoisotopic (exact) mass is 355 g/mol. The molecule has 1 aliphatic rings. The van der Waals surface area contributed by atoms with E-state index >= 15 is 0 Å². The lowest BCUT2D eigenvalue weighted by Crippen LogP contribution is -2.50. The molecule has 0 fully saturated rings. The summed E-state index contributed by atoms with van der Waals surface area (Å²) in [6.07, 6.45) is -0.685. The van der Waals surface area contributed by atoms with Crippen LogP contribution in [-0.4, -0.2) is 29.5 Å². The van der Waals surface area contributed by atoms with Crippen LogP contribution in [0.3, 0.4) is 0 Å². The number of hydrogen-bond donors (Lipinski definition) is 1.